The minimum absolute atomic E-state index is 0.0596. The Balaban J connectivity index is 1.77. The summed E-state index contributed by atoms with van der Waals surface area (Å²) in [6.07, 6.45) is -0.942. The molecule has 11 heteroatoms. The van der Waals surface area contributed by atoms with E-state index in [-0.39, 0.29) is 34.3 Å². The number of alkyl halides is 3. The Hall–Kier alpha value is -3.34. The van der Waals surface area contributed by atoms with Crippen LogP contribution in [-0.2, 0) is 23.4 Å². The Morgan fingerprint density at radius 3 is 2.72 bits per heavy atom. The smallest absolute Gasteiger partial charge is 0.417 e. The number of aromatic nitrogens is 3. The van der Waals surface area contributed by atoms with Crippen LogP contribution in [0.1, 0.15) is 28.7 Å². The van der Waals surface area contributed by atoms with Crippen molar-refractivity contribution in [2.45, 2.75) is 24.4 Å². The van der Waals surface area contributed by atoms with E-state index in [1.54, 1.807) is 25.1 Å². The second-order valence-corrected chi connectivity index (χ2v) is 8.72. The number of rotatable bonds is 4. The molecule has 4 rings (SSSR count). The zero-order chi connectivity index (χ0) is 23.0. The standard InChI is InChI=1S/C21H17F3N4O3S/c1-2-32(31)18-9-13(16-5-3-4-7-28(16)30)11-26-19(18)20(29)27-8-6-15-17(27)10-14(12-25-15)21(22,23)24/h3-5,7,9-12H,2,6,8H2,1H3. The first-order chi connectivity index (χ1) is 15.2. The van der Waals surface area contributed by atoms with Gasteiger partial charge in [0.1, 0.15) is 5.69 Å². The Bertz CT molecular complexity index is 1230. The van der Waals surface area contributed by atoms with Gasteiger partial charge in [0.2, 0.25) is 5.69 Å². The van der Waals surface area contributed by atoms with E-state index < -0.39 is 28.4 Å². The van der Waals surface area contributed by atoms with Crippen LogP contribution >= 0.6 is 0 Å². The van der Waals surface area contributed by atoms with Crippen molar-refractivity contribution in [2.75, 3.05) is 17.2 Å². The molecule has 0 N–H and O–H groups in total. The van der Waals surface area contributed by atoms with Crippen LogP contribution in [0.3, 0.4) is 0 Å². The Kier molecular flexibility index (Phi) is 5.68. The van der Waals surface area contributed by atoms with Gasteiger partial charge >= 0.3 is 6.18 Å². The van der Waals surface area contributed by atoms with Crippen LogP contribution in [0.4, 0.5) is 18.9 Å². The van der Waals surface area contributed by atoms with Gasteiger partial charge in [-0.15, -0.1) is 0 Å². The minimum atomic E-state index is -4.60. The summed E-state index contributed by atoms with van der Waals surface area (Å²) in [5.74, 6) is -0.482. The van der Waals surface area contributed by atoms with E-state index in [4.69, 9.17) is 0 Å². The third-order valence-electron chi connectivity index (χ3n) is 5.07. The summed E-state index contributed by atoms with van der Waals surface area (Å²) in [6.45, 7) is 1.79. The fourth-order valence-corrected chi connectivity index (χ4v) is 4.39. The fraction of sp³-hybridized carbons (Fsp3) is 0.238. The lowest BCUT2D eigenvalue weighted by Crippen LogP contribution is -2.31. The molecule has 1 atom stereocenters. The molecule has 1 unspecified atom stereocenters. The number of hydrogen-bond acceptors (Lipinski definition) is 5. The molecule has 4 heterocycles. The van der Waals surface area contributed by atoms with Gasteiger partial charge in [0.05, 0.1) is 38.2 Å². The largest absolute Gasteiger partial charge is 0.618 e. The Morgan fingerprint density at radius 1 is 1.25 bits per heavy atom. The monoisotopic (exact) mass is 462 g/mol. The van der Waals surface area contributed by atoms with Gasteiger partial charge in [-0.05, 0) is 18.2 Å². The molecule has 0 aliphatic carbocycles. The highest BCUT2D eigenvalue weighted by atomic mass is 32.2. The number of fused-ring (bicyclic) bond motifs is 1. The van der Waals surface area contributed by atoms with E-state index in [1.165, 1.54) is 23.4 Å². The van der Waals surface area contributed by atoms with E-state index in [0.29, 0.717) is 22.4 Å². The van der Waals surface area contributed by atoms with Gasteiger partial charge in [0, 0.05) is 43.2 Å². The van der Waals surface area contributed by atoms with Crippen molar-refractivity contribution in [1.29, 1.82) is 0 Å². The van der Waals surface area contributed by atoms with Gasteiger partial charge in [0.15, 0.2) is 6.20 Å². The van der Waals surface area contributed by atoms with Gasteiger partial charge in [-0.1, -0.05) is 6.92 Å². The van der Waals surface area contributed by atoms with Crippen molar-refractivity contribution < 1.29 is 26.9 Å². The summed E-state index contributed by atoms with van der Waals surface area (Å²) >= 11 is 0. The molecule has 166 valence electrons. The molecule has 0 saturated heterocycles. The van der Waals surface area contributed by atoms with Crippen LogP contribution in [0.15, 0.2) is 53.8 Å². The number of amides is 1. The number of carbonyl (C=O) groups is 1. The van der Waals surface area contributed by atoms with Crippen molar-refractivity contribution in [3.8, 4) is 11.3 Å². The van der Waals surface area contributed by atoms with Crippen LogP contribution in [-0.4, -0.2) is 32.4 Å². The summed E-state index contributed by atoms with van der Waals surface area (Å²) in [5, 5.41) is 12.1. The van der Waals surface area contributed by atoms with Gasteiger partial charge < -0.3 is 10.1 Å². The molecule has 0 radical (unpaired) electrons. The average Bonchev–Trinajstić information content (AvgIpc) is 3.21. The molecule has 3 aromatic heterocycles. The Labute approximate surface area is 183 Å². The first kappa shape index (κ1) is 21.9. The fourth-order valence-electron chi connectivity index (χ4n) is 3.47. The predicted molar refractivity (Wildman–Crippen MR) is 110 cm³/mol. The molecular weight excluding hydrogens is 445 g/mol. The van der Waals surface area contributed by atoms with E-state index in [1.807, 2.05) is 0 Å². The van der Waals surface area contributed by atoms with E-state index in [2.05, 4.69) is 9.97 Å². The molecule has 0 spiro atoms. The SMILES string of the molecule is CCS(=O)c1cc(-c2cccc[n+]2[O-])cnc1C(=O)N1CCc2ncc(C(F)(F)F)cc21. The lowest BCUT2D eigenvalue weighted by Gasteiger charge is -2.19. The first-order valence-electron chi connectivity index (χ1n) is 9.65. The molecule has 3 aromatic rings. The highest BCUT2D eigenvalue weighted by Crippen LogP contribution is 2.35. The van der Waals surface area contributed by atoms with Crippen LogP contribution < -0.4 is 9.63 Å². The number of halogens is 3. The van der Waals surface area contributed by atoms with Crippen LogP contribution in [0.5, 0.6) is 0 Å². The minimum Gasteiger partial charge on any atom is -0.618 e. The zero-order valence-corrected chi connectivity index (χ0v) is 17.6. The molecule has 1 aliphatic rings. The first-order valence-corrected chi connectivity index (χ1v) is 11.0. The second kappa shape index (κ2) is 8.30. The Morgan fingerprint density at radius 2 is 2.03 bits per heavy atom. The maximum atomic E-state index is 13.3. The molecule has 32 heavy (non-hydrogen) atoms. The van der Waals surface area contributed by atoms with Crippen molar-refractivity contribution >= 4 is 22.4 Å². The molecule has 0 saturated carbocycles. The maximum absolute atomic E-state index is 13.3. The number of pyridine rings is 3. The van der Waals surface area contributed by atoms with Gasteiger partial charge in [-0.2, -0.15) is 17.9 Å². The molecule has 1 amide bonds. The summed E-state index contributed by atoms with van der Waals surface area (Å²) in [4.78, 5) is 22.6. The topological polar surface area (TPSA) is 90.1 Å². The average molecular weight is 462 g/mol. The zero-order valence-electron chi connectivity index (χ0n) is 16.8. The molecule has 0 aromatic carbocycles. The van der Waals surface area contributed by atoms with Crippen molar-refractivity contribution in [3.63, 3.8) is 0 Å². The van der Waals surface area contributed by atoms with Crippen LogP contribution in [0.2, 0.25) is 0 Å². The second-order valence-electron chi connectivity index (χ2n) is 7.01. The third-order valence-corrected chi connectivity index (χ3v) is 6.39. The van der Waals surface area contributed by atoms with E-state index in [9.17, 15) is 27.4 Å². The van der Waals surface area contributed by atoms with Gasteiger partial charge in [0.25, 0.3) is 5.91 Å². The summed E-state index contributed by atoms with van der Waals surface area (Å²) < 4.78 is 52.7. The van der Waals surface area contributed by atoms with Crippen molar-refractivity contribution in [3.05, 3.63) is 71.1 Å². The lowest BCUT2D eigenvalue weighted by atomic mass is 10.1. The molecule has 0 bridgehead atoms. The van der Waals surface area contributed by atoms with E-state index in [0.717, 1.165) is 12.3 Å². The lowest BCUT2D eigenvalue weighted by molar-refractivity contribution is -0.593. The molecule has 0 fully saturated rings. The number of carbonyl (C=O) groups excluding carboxylic acids is 1. The summed E-state index contributed by atoms with van der Waals surface area (Å²) in [7, 11) is -1.61. The molecule has 1 aliphatic heterocycles. The maximum Gasteiger partial charge on any atom is 0.417 e. The normalized spacial score (nSPS) is 14.3. The predicted octanol–water partition coefficient (Wildman–Crippen LogP) is 3.13. The number of nitrogens with zero attached hydrogens (tertiary/aromatic N) is 4. The molecule has 7 nitrogen and oxygen atoms in total. The third kappa shape index (κ3) is 3.95. The van der Waals surface area contributed by atoms with Crippen molar-refractivity contribution in [2.24, 2.45) is 0 Å². The molecular formula is C21H17F3N4O3S. The highest BCUT2D eigenvalue weighted by molar-refractivity contribution is 7.85. The summed E-state index contributed by atoms with van der Waals surface area (Å²) in [6, 6.07) is 7.13. The van der Waals surface area contributed by atoms with Crippen LogP contribution in [0, 0.1) is 5.21 Å². The van der Waals surface area contributed by atoms with Gasteiger partial charge in [-0.25, -0.2) is 4.98 Å². The summed E-state index contributed by atoms with van der Waals surface area (Å²) in [5.41, 5.74) is -0.0221. The number of hydrogen-bond donors (Lipinski definition) is 0. The van der Waals surface area contributed by atoms with Gasteiger partial charge in [-0.3, -0.25) is 14.0 Å². The van der Waals surface area contributed by atoms with E-state index >= 15 is 0 Å². The van der Waals surface area contributed by atoms with Crippen molar-refractivity contribution in [1.82, 2.24) is 9.97 Å². The number of anilines is 1. The highest BCUT2D eigenvalue weighted by Gasteiger charge is 2.36. The quantitative estimate of drug-likeness (QED) is 0.439. The van der Waals surface area contributed by atoms with Crippen LogP contribution in [0.25, 0.3) is 11.3 Å².